The number of rotatable bonds is 7. The van der Waals surface area contributed by atoms with Gasteiger partial charge in [-0.2, -0.15) is 0 Å². The molecule has 1 aromatic carbocycles. The molecule has 0 aliphatic heterocycles. The summed E-state index contributed by atoms with van der Waals surface area (Å²) in [5, 5.41) is 3.39. The molecule has 23 heavy (non-hydrogen) atoms. The molecule has 1 atom stereocenters. The molecule has 130 valence electrons. The summed E-state index contributed by atoms with van der Waals surface area (Å²) in [6.45, 7) is 0.158. The number of hydrogen-bond donors (Lipinski definition) is 2. The molecule has 0 aliphatic carbocycles. The number of anilines is 1. The molecule has 2 amide bonds. The first-order chi connectivity index (χ1) is 10.4. The van der Waals surface area contributed by atoms with E-state index in [4.69, 9.17) is 33.7 Å². The van der Waals surface area contributed by atoms with Gasteiger partial charge in [-0.3, -0.25) is 9.59 Å². The minimum absolute atomic E-state index is 0. The van der Waals surface area contributed by atoms with E-state index in [-0.39, 0.29) is 49.8 Å². The van der Waals surface area contributed by atoms with Crippen molar-refractivity contribution in [2.75, 3.05) is 32.6 Å². The monoisotopic (exact) mass is 383 g/mol. The Morgan fingerprint density at radius 3 is 2.52 bits per heavy atom. The highest BCUT2D eigenvalue weighted by Gasteiger charge is 2.17. The zero-order chi connectivity index (χ0) is 16.7. The SMILES string of the molecule is COC(CN)CC(=O)N(C)CC(=O)Nc1ccc(Cl)c(Cl)c1.Cl. The molecule has 1 unspecified atom stereocenters. The highest BCUT2D eigenvalue weighted by atomic mass is 35.5. The summed E-state index contributed by atoms with van der Waals surface area (Å²) in [5.41, 5.74) is 5.97. The van der Waals surface area contributed by atoms with E-state index in [9.17, 15) is 9.59 Å². The average Bonchev–Trinajstić information content (AvgIpc) is 2.48. The lowest BCUT2D eigenvalue weighted by Gasteiger charge is -2.19. The van der Waals surface area contributed by atoms with Crippen molar-refractivity contribution in [3.8, 4) is 0 Å². The van der Waals surface area contributed by atoms with Crippen LogP contribution in [0.2, 0.25) is 10.0 Å². The number of nitrogens with one attached hydrogen (secondary N) is 1. The molecule has 3 N–H and O–H groups in total. The van der Waals surface area contributed by atoms with Crippen LogP contribution in [0.1, 0.15) is 6.42 Å². The van der Waals surface area contributed by atoms with Gasteiger partial charge < -0.3 is 20.7 Å². The zero-order valence-corrected chi connectivity index (χ0v) is 15.2. The van der Waals surface area contributed by atoms with Crippen molar-refractivity contribution < 1.29 is 14.3 Å². The molecule has 0 heterocycles. The van der Waals surface area contributed by atoms with Crippen LogP contribution in [0.5, 0.6) is 0 Å². The predicted molar refractivity (Wildman–Crippen MR) is 94.4 cm³/mol. The number of carbonyl (C=O) groups is 2. The van der Waals surface area contributed by atoms with E-state index in [1.54, 1.807) is 25.2 Å². The van der Waals surface area contributed by atoms with E-state index in [1.165, 1.54) is 12.0 Å². The largest absolute Gasteiger partial charge is 0.380 e. The van der Waals surface area contributed by atoms with Gasteiger partial charge in [-0.05, 0) is 18.2 Å². The minimum atomic E-state index is -0.354. The maximum Gasteiger partial charge on any atom is 0.243 e. The molecule has 1 rings (SSSR count). The highest BCUT2D eigenvalue weighted by Crippen LogP contribution is 2.24. The van der Waals surface area contributed by atoms with Crippen molar-refractivity contribution in [2.24, 2.45) is 5.73 Å². The molecule has 0 spiro atoms. The van der Waals surface area contributed by atoms with Crippen LogP contribution in [-0.4, -0.2) is 50.1 Å². The second-order valence-electron chi connectivity index (χ2n) is 4.72. The fourth-order valence-electron chi connectivity index (χ4n) is 1.69. The molecule has 0 fully saturated rings. The summed E-state index contributed by atoms with van der Waals surface area (Å²) in [6.07, 6.45) is -0.225. The van der Waals surface area contributed by atoms with Crippen LogP contribution < -0.4 is 11.1 Å². The van der Waals surface area contributed by atoms with Gasteiger partial charge in [0, 0.05) is 26.4 Å². The Morgan fingerprint density at radius 2 is 2.00 bits per heavy atom. The molecule has 0 saturated carbocycles. The fourth-order valence-corrected chi connectivity index (χ4v) is 1.99. The topological polar surface area (TPSA) is 84.7 Å². The lowest BCUT2D eigenvalue weighted by Crippen LogP contribution is -2.38. The number of methoxy groups -OCH3 is 1. The van der Waals surface area contributed by atoms with Crippen molar-refractivity contribution in [2.45, 2.75) is 12.5 Å². The lowest BCUT2D eigenvalue weighted by atomic mass is 10.2. The Labute approximate surface area is 151 Å². The number of hydrogen-bond acceptors (Lipinski definition) is 4. The number of benzene rings is 1. The second-order valence-corrected chi connectivity index (χ2v) is 5.54. The first-order valence-electron chi connectivity index (χ1n) is 6.59. The Kier molecular flexibility index (Phi) is 10.2. The Balaban J connectivity index is 0.00000484. The third kappa shape index (κ3) is 7.37. The minimum Gasteiger partial charge on any atom is -0.380 e. The van der Waals surface area contributed by atoms with Crippen molar-refractivity contribution in [3.05, 3.63) is 28.2 Å². The molecular formula is C14H20Cl3N3O3. The molecular weight excluding hydrogens is 365 g/mol. The summed E-state index contributed by atoms with van der Waals surface area (Å²) in [7, 11) is 3.03. The van der Waals surface area contributed by atoms with Gasteiger partial charge >= 0.3 is 0 Å². The number of halogens is 3. The number of likely N-dealkylation sites (N-methyl/N-ethyl adjacent to an activating group) is 1. The Bertz CT molecular complexity index is 539. The smallest absolute Gasteiger partial charge is 0.243 e. The van der Waals surface area contributed by atoms with Crippen LogP contribution in [0.25, 0.3) is 0 Å². The summed E-state index contributed by atoms with van der Waals surface area (Å²) in [6, 6.07) is 4.75. The van der Waals surface area contributed by atoms with E-state index in [1.807, 2.05) is 0 Å². The van der Waals surface area contributed by atoms with Crippen LogP contribution >= 0.6 is 35.6 Å². The van der Waals surface area contributed by atoms with Crippen molar-refractivity contribution in [1.29, 1.82) is 0 Å². The van der Waals surface area contributed by atoms with E-state index >= 15 is 0 Å². The van der Waals surface area contributed by atoms with Gasteiger partial charge in [0.15, 0.2) is 0 Å². The predicted octanol–water partition coefficient (Wildman–Crippen LogP) is 2.18. The van der Waals surface area contributed by atoms with Gasteiger partial charge in [-0.1, -0.05) is 23.2 Å². The van der Waals surface area contributed by atoms with Gasteiger partial charge in [0.25, 0.3) is 0 Å². The molecule has 0 bridgehead atoms. The van der Waals surface area contributed by atoms with Crippen LogP contribution in [0.4, 0.5) is 5.69 Å². The number of carbonyl (C=O) groups excluding carboxylic acids is 2. The first-order valence-corrected chi connectivity index (χ1v) is 7.34. The molecule has 9 heteroatoms. The van der Waals surface area contributed by atoms with Gasteiger partial charge in [0.1, 0.15) is 0 Å². The Morgan fingerprint density at radius 1 is 1.35 bits per heavy atom. The standard InChI is InChI=1S/C14H19Cl2N3O3.ClH/c1-19(14(21)6-10(7-17)22-2)8-13(20)18-9-3-4-11(15)12(16)5-9;/h3-5,10H,6-8,17H2,1-2H3,(H,18,20);1H. The number of amides is 2. The normalized spacial score (nSPS) is 11.3. The van der Waals surface area contributed by atoms with Crippen LogP contribution in [0.15, 0.2) is 18.2 Å². The summed E-state index contributed by atoms with van der Waals surface area (Å²) < 4.78 is 5.05. The van der Waals surface area contributed by atoms with Gasteiger partial charge in [0.2, 0.25) is 11.8 Å². The number of nitrogens with two attached hydrogens (primary N) is 1. The van der Waals surface area contributed by atoms with Crippen LogP contribution in [0.3, 0.4) is 0 Å². The summed E-state index contributed by atoms with van der Waals surface area (Å²) >= 11 is 11.7. The fraction of sp³-hybridized carbons (Fsp3) is 0.429. The second kappa shape index (κ2) is 10.7. The molecule has 1 aromatic rings. The maximum atomic E-state index is 11.9. The quantitative estimate of drug-likeness (QED) is 0.754. The summed E-state index contributed by atoms with van der Waals surface area (Å²) in [4.78, 5) is 25.2. The third-order valence-electron chi connectivity index (χ3n) is 3.01. The van der Waals surface area contributed by atoms with E-state index in [0.29, 0.717) is 15.7 Å². The Hall–Kier alpha value is -1.05. The molecule has 6 nitrogen and oxygen atoms in total. The maximum absolute atomic E-state index is 11.9. The van der Waals surface area contributed by atoms with Crippen molar-refractivity contribution >= 4 is 53.1 Å². The van der Waals surface area contributed by atoms with Gasteiger partial charge in [-0.25, -0.2) is 0 Å². The molecule has 0 radical (unpaired) electrons. The van der Waals surface area contributed by atoms with Crippen LogP contribution in [0, 0.1) is 0 Å². The van der Waals surface area contributed by atoms with Gasteiger partial charge in [-0.15, -0.1) is 12.4 Å². The lowest BCUT2D eigenvalue weighted by molar-refractivity contribution is -0.135. The molecule has 0 saturated heterocycles. The third-order valence-corrected chi connectivity index (χ3v) is 3.75. The zero-order valence-electron chi connectivity index (χ0n) is 12.8. The number of ether oxygens (including phenoxy) is 1. The van der Waals surface area contributed by atoms with Crippen molar-refractivity contribution in [3.63, 3.8) is 0 Å². The van der Waals surface area contributed by atoms with E-state index in [2.05, 4.69) is 5.32 Å². The first kappa shape index (κ1) is 21.9. The number of nitrogens with zero attached hydrogens (tertiary/aromatic N) is 1. The van der Waals surface area contributed by atoms with E-state index < -0.39 is 0 Å². The van der Waals surface area contributed by atoms with E-state index in [0.717, 1.165) is 0 Å². The highest BCUT2D eigenvalue weighted by molar-refractivity contribution is 6.42. The average molecular weight is 385 g/mol. The van der Waals surface area contributed by atoms with Crippen LogP contribution in [-0.2, 0) is 14.3 Å². The summed E-state index contributed by atoms with van der Waals surface area (Å²) in [5.74, 6) is -0.558. The van der Waals surface area contributed by atoms with Gasteiger partial charge in [0.05, 0.1) is 29.1 Å². The molecule has 0 aromatic heterocycles. The molecule has 0 aliphatic rings. The van der Waals surface area contributed by atoms with Crippen molar-refractivity contribution in [1.82, 2.24) is 4.90 Å².